The normalized spacial score (nSPS) is 20.0. The molecule has 0 aliphatic carbocycles. The third-order valence-electron chi connectivity index (χ3n) is 7.29. The summed E-state index contributed by atoms with van der Waals surface area (Å²) < 4.78 is 45.8. The molecular formula is C30H32F2NO4. The molecule has 0 spiro atoms. The number of halogens is 2. The lowest BCUT2D eigenvalue weighted by Crippen LogP contribution is -2.48. The van der Waals surface area contributed by atoms with E-state index in [1.807, 2.05) is 6.07 Å². The summed E-state index contributed by atoms with van der Waals surface area (Å²) in [6, 6.07) is 17.9. The Labute approximate surface area is 217 Å². The van der Waals surface area contributed by atoms with Gasteiger partial charge in [-0.25, -0.2) is 8.78 Å². The molecule has 3 aromatic rings. The van der Waals surface area contributed by atoms with Gasteiger partial charge in [-0.15, -0.1) is 0 Å². The molecule has 1 saturated heterocycles. The summed E-state index contributed by atoms with van der Waals surface area (Å²) in [5, 5.41) is 0. The highest BCUT2D eigenvalue weighted by molar-refractivity contribution is 5.99. The first kappa shape index (κ1) is 26.8. The van der Waals surface area contributed by atoms with Gasteiger partial charge in [0.1, 0.15) is 11.6 Å². The first-order valence-corrected chi connectivity index (χ1v) is 12.3. The van der Waals surface area contributed by atoms with E-state index >= 15 is 0 Å². The highest BCUT2D eigenvalue weighted by Gasteiger charge is 2.44. The van der Waals surface area contributed by atoms with E-state index in [0.717, 1.165) is 5.56 Å². The van der Waals surface area contributed by atoms with Crippen LogP contribution in [0, 0.1) is 30.5 Å². The van der Waals surface area contributed by atoms with Gasteiger partial charge in [0, 0.05) is 61.7 Å². The van der Waals surface area contributed by atoms with Gasteiger partial charge < -0.3 is 14.2 Å². The topological polar surface area (TPSA) is 48.0 Å². The van der Waals surface area contributed by atoms with Crippen LogP contribution in [0.4, 0.5) is 8.78 Å². The lowest BCUT2D eigenvalue weighted by molar-refractivity contribution is 0.0661. The zero-order valence-electron chi connectivity index (χ0n) is 21.6. The van der Waals surface area contributed by atoms with Gasteiger partial charge in [-0.1, -0.05) is 36.4 Å². The number of ether oxygens (including phenoxy) is 3. The summed E-state index contributed by atoms with van der Waals surface area (Å²) in [6.45, 7) is 3.76. The van der Waals surface area contributed by atoms with E-state index in [9.17, 15) is 13.6 Å². The Kier molecular flexibility index (Phi) is 8.56. The van der Waals surface area contributed by atoms with Crippen LogP contribution in [-0.4, -0.2) is 58.3 Å². The fraction of sp³-hybridized carbons (Fsp3) is 0.367. The van der Waals surface area contributed by atoms with Gasteiger partial charge in [-0.05, 0) is 36.2 Å². The van der Waals surface area contributed by atoms with Crippen LogP contribution in [0.2, 0.25) is 0 Å². The van der Waals surface area contributed by atoms with Gasteiger partial charge in [0.05, 0.1) is 20.8 Å². The molecular weight excluding hydrogens is 476 g/mol. The minimum Gasteiger partial charge on any atom is -0.497 e. The summed E-state index contributed by atoms with van der Waals surface area (Å²) in [4.78, 5) is 16.3. The molecule has 0 aromatic heterocycles. The molecule has 37 heavy (non-hydrogen) atoms. The molecule has 1 aliphatic heterocycles. The average Bonchev–Trinajstić information content (AvgIpc) is 2.92. The van der Waals surface area contributed by atoms with Crippen LogP contribution in [0.5, 0.6) is 11.5 Å². The first-order chi connectivity index (χ1) is 17.9. The fourth-order valence-electron chi connectivity index (χ4n) is 5.46. The molecule has 5 nitrogen and oxygen atoms in total. The number of hydrogen-bond acceptors (Lipinski definition) is 5. The van der Waals surface area contributed by atoms with Crippen molar-refractivity contribution in [3.8, 4) is 11.5 Å². The maximum Gasteiger partial charge on any atom is 0.173 e. The molecule has 0 amide bonds. The molecule has 0 bridgehead atoms. The van der Waals surface area contributed by atoms with E-state index in [2.05, 4.69) is 11.0 Å². The van der Waals surface area contributed by atoms with E-state index in [4.69, 9.17) is 14.2 Å². The molecule has 3 aromatic carbocycles. The monoisotopic (exact) mass is 508 g/mol. The predicted molar refractivity (Wildman–Crippen MR) is 138 cm³/mol. The number of piperidine rings is 1. The first-order valence-electron chi connectivity index (χ1n) is 12.3. The van der Waals surface area contributed by atoms with Crippen molar-refractivity contribution in [3.63, 3.8) is 0 Å². The number of benzene rings is 3. The Morgan fingerprint density at radius 3 is 2.54 bits per heavy atom. The minimum absolute atomic E-state index is 0.0818. The van der Waals surface area contributed by atoms with Crippen molar-refractivity contribution in [2.24, 2.45) is 5.92 Å². The molecule has 0 unspecified atom stereocenters. The molecule has 1 fully saturated rings. The number of nitrogens with zero attached hydrogens (tertiary/aromatic N) is 1. The number of methoxy groups -OCH3 is 3. The second kappa shape index (κ2) is 11.8. The zero-order chi connectivity index (χ0) is 26.5. The van der Waals surface area contributed by atoms with Crippen molar-refractivity contribution in [2.75, 3.05) is 47.6 Å². The molecule has 7 heteroatoms. The van der Waals surface area contributed by atoms with Gasteiger partial charge in [-0.2, -0.15) is 0 Å². The van der Waals surface area contributed by atoms with Crippen molar-refractivity contribution in [1.82, 2.24) is 4.90 Å². The number of carbonyl (C=O) groups is 1. The van der Waals surface area contributed by atoms with Crippen molar-refractivity contribution in [1.29, 1.82) is 0 Å². The number of carbonyl (C=O) groups excluding carboxylic acids is 1. The standard InChI is InChI=1S/C30H32F2NO4/c1-19-22(10-6-12-26(19)31)28-24(23-11-7-13-27(32)30(23)37-4)17-33(14-15-35-2)18-25(28)29(34)20-8-5-9-21(16-20)36-3/h5-12,16,24-25,28H,14-15,17-18H2,1-4H3/t24-,25+,28-/m1/s1. The van der Waals surface area contributed by atoms with Crippen LogP contribution >= 0.6 is 0 Å². The molecule has 0 N–H and O–H groups in total. The summed E-state index contributed by atoms with van der Waals surface area (Å²) in [6.07, 6.45) is 0. The van der Waals surface area contributed by atoms with Crippen LogP contribution in [0.25, 0.3) is 0 Å². The smallest absolute Gasteiger partial charge is 0.173 e. The highest BCUT2D eigenvalue weighted by atomic mass is 19.1. The predicted octanol–water partition coefficient (Wildman–Crippen LogP) is 5.42. The van der Waals surface area contributed by atoms with Crippen LogP contribution in [0.15, 0.2) is 54.6 Å². The van der Waals surface area contributed by atoms with Crippen LogP contribution in [0.3, 0.4) is 0 Å². The van der Waals surface area contributed by atoms with E-state index < -0.39 is 17.7 Å². The average molecular weight is 509 g/mol. The Morgan fingerprint density at radius 1 is 1.03 bits per heavy atom. The lowest BCUT2D eigenvalue weighted by atomic mass is 9.67. The zero-order valence-corrected chi connectivity index (χ0v) is 21.6. The summed E-state index contributed by atoms with van der Waals surface area (Å²) in [5.74, 6) is -1.68. The molecule has 4 rings (SSSR count). The van der Waals surface area contributed by atoms with E-state index in [1.165, 1.54) is 19.2 Å². The highest BCUT2D eigenvalue weighted by Crippen LogP contribution is 2.48. The Bertz CT molecular complexity index is 1250. The number of hydrogen-bond donors (Lipinski definition) is 0. The summed E-state index contributed by atoms with van der Waals surface area (Å²) >= 11 is 0. The van der Waals surface area contributed by atoms with Crippen LogP contribution in [-0.2, 0) is 4.74 Å². The van der Waals surface area contributed by atoms with E-state index in [0.29, 0.717) is 48.7 Å². The van der Waals surface area contributed by atoms with Gasteiger partial charge in [0.15, 0.2) is 17.3 Å². The van der Waals surface area contributed by atoms with Crippen molar-refractivity contribution in [3.05, 3.63) is 94.6 Å². The third kappa shape index (κ3) is 5.53. The quantitative estimate of drug-likeness (QED) is 0.362. The van der Waals surface area contributed by atoms with Gasteiger partial charge in [0.25, 0.3) is 0 Å². The maximum atomic E-state index is 14.8. The lowest BCUT2D eigenvalue weighted by Gasteiger charge is -2.44. The number of likely N-dealkylation sites (tertiary alicyclic amines) is 1. The van der Waals surface area contributed by atoms with Gasteiger partial charge >= 0.3 is 0 Å². The van der Waals surface area contributed by atoms with Crippen molar-refractivity contribution < 1.29 is 27.8 Å². The van der Waals surface area contributed by atoms with E-state index in [-0.39, 0.29) is 23.3 Å². The molecule has 0 saturated carbocycles. The largest absolute Gasteiger partial charge is 0.497 e. The Hall–Kier alpha value is -3.29. The summed E-state index contributed by atoms with van der Waals surface area (Å²) in [7, 11) is 4.60. The Morgan fingerprint density at radius 2 is 1.81 bits per heavy atom. The van der Waals surface area contributed by atoms with Gasteiger partial charge in [0.2, 0.25) is 0 Å². The molecule has 1 aliphatic rings. The van der Waals surface area contributed by atoms with Crippen molar-refractivity contribution in [2.45, 2.75) is 18.8 Å². The number of Topliss-reactive ketones (excluding diaryl/α,β-unsaturated/α-hetero) is 1. The third-order valence-corrected chi connectivity index (χ3v) is 7.29. The van der Waals surface area contributed by atoms with E-state index in [1.54, 1.807) is 57.5 Å². The number of ketones is 1. The maximum absolute atomic E-state index is 14.8. The van der Waals surface area contributed by atoms with Crippen LogP contribution < -0.4 is 9.47 Å². The van der Waals surface area contributed by atoms with Crippen molar-refractivity contribution >= 4 is 5.78 Å². The second-order valence-corrected chi connectivity index (χ2v) is 9.32. The number of rotatable bonds is 9. The minimum atomic E-state index is -0.598. The Balaban J connectivity index is 1.91. The molecule has 195 valence electrons. The fourth-order valence-corrected chi connectivity index (χ4v) is 5.46. The molecule has 1 radical (unpaired) electrons. The SMILES string of the molecule is COCCN1C[C@H](C(=O)c2cccc(OC)c2)[C@H](c2cccc(F)c2C)[C@@H](c2cc[c]c(F)c2OC)C1. The van der Waals surface area contributed by atoms with Crippen LogP contribution in [0.1, 0.15) is 38.9 Å². The molecule has 1 heterocycles. The molecule has 3 atom stereocenters. The summed E-state index contributed by atoms with van der Waals surface area (Å²) in [5.41, 5.74) is 2.34. The second-order valence-electron chi connectivity index (χ2n) is 9.32. The van der Waals surface area contributed by atoms with Gasteiger partial charge in [-0.3, -0.25) is 9.69 Å².